The highest BCUT2D eigenvalue weighted by Crippen LogP contribution is 2.05. The first-order valence-electron chi connectivity index (χ1n) is 5.07. The lowest BCUT2D eigenvalue weighted by Crippen LogP contribution is -1.92. The molecule has 0 aliphatic heterocycles. The van der Waals surface area contributed by atoms with Crippen molar-refractivity contribution in [2.75, 3.05) is 6.54 Å². The molecule has 0 aromatic heterocycles. The van der Waals surface area contributed by atoms with Gasteiger partial charge in [-0.2, -0.15) is 0 Å². The Morgan fingerprint density at radius 3 is 2.25 bits per heavy atom. The molecule has 0 aliphatic rings. The molecule has 0 fully saturated rings. The molecule has 0 aromatic rings. The Morgan fingerprint density at radius 2 is 1.58 bits per heavy atom. The van der Waals surface area contributed by atoms with Crippen molar-refractivity contribution in [3.8, 4) is 11.8 Å². The van der Waals surface area contributed by atoms with Crippen LogP contribution in [-0.2, 0) is 0 Å². The molecule has 0 radical (unpaired) electrons. The largest absolute Gasteiger partial charge is 0.320 e. The number of unbranched alkanes of at least 4 members (excludes halogenated alkanes) is 6. The van der Waals surface area contributed by atoms with E-state index >= 15 is 0 Å². The van der Waals surface area contributed by atoms with Gasteiger partial charge in [-0.3, -0.25) is 0 Å². The molecule has 0 amide bonds. The molecular weight excluding hydrogens is 146 g/mol. The van der Waals surface area contributed by atoms with Gasteiger partial charge in [0.15, 0.2) is 0 Å². The maximum absolute atomic E-state index is 5.24. The SMILES string of the molecule is CCCCCCCCC#CCN. The summed E-state index contributed by atoms with van der Waals surface area (Å²) in [7, 11) is 0. The van der Waals surface area contributed by atoms with E-state index in [1.165, 1.54) is 38.5 Å². The molecular formula is C11H21N. The van der Waals surface area contributed by atoms with Crippen molar-refractivity contribution >= 4 is 0 Å². The van der Waals surface area contributed by atoms with E-state index in [4.69, 9.17) is 5.73 Å². The average Bonchev–Trinajstić information content (AvgIpc) is 2.10. The standard InChI is InChI=1S/C11H21N/c1-2-3-4-5-6-7-8-9-10-11-12/h2-8,11-12H2,1H3. The highest BCUT2D eigenvalue weighted by atomic mass is 14.5. The maximum Gasteiger partial charge on any atom is 0.0551 e. The fourth-order valence-electron chi connectivity index (χ4n) is 1.15. The van der Waals surface area contributed by atoms with Crippen LogP contribution in [0.3, 0.4) is 0 Å². The summed E-state index contributed by atoms with van der Waals surface area (Å²) in [5, 5.41) is 0. The second-order valence-corrected chi connectivity index (χ2v) is 3.08. The summed E-state index contributed by atoms with van der Waals surface area (Å²) in [6, 6.07) is 0. The Morgan fingerprint density at radius 1 is 0.917 bits per heavy atom. The van der Waals surface area contributed by atoms with Crippen LogP contribution in [0, 0.1) is 11.8 Å². The zero-order valence-electron chi connectivity index (χ0n) is 8.23. The van der Waals surface area contributed by atoms with Crippen molar-refractivity contribution in [1.29, 1.82) is 0 Å². The summed E-state index contributed by atoms with van der Waals surface area (Å²) in [6.45, 7) is 2.75. The molecule has 12 heavy (non-hydrogen) atoms. The molecule has 0 heterocycles. The minimum absolute atomic E-state index is 0.510. The Kier molecular flexibility index (Phi) is 10.1. The minimum atomic E-state index is 0.510. The van der Waals surface area contributed by atoms with Gasteiger partial charge in [0.2, 0.25) is 0 Å². The van der Waals surface area contributed by atoms with E-state index in [1.807, 2.05) is 0 Å². The summed E-state index contributed by atoms with van der Waals surface area (Å²) < 4.78 is 0. The predicted octanol–water partition coefficient (Wildman–Crippen LogP) is 2.70. The molecule has 0 atom stereocenters. The Labute approximate surface area is 76.7 Å². The van der Waals surface area contributed by atoms with E-state index in [1.54, 1.807) is 0 Å². The van der Waals surface area contributed by atoms with Gasteiger partial charge in [0, 0.05) is 6.42 Å². The second-order valence-electron chi connectivity index (χ2n) is 3.08. The lowest BCUT2D eigenvalue weighted by atomic mass is 10.1. The van der Waals surface area contributed by atoms with Crippen molar-refractivity contribution in [1.82, 2.24) is 0 Å². The normalized spacial score (nSPS) is 9.17. The lowest BCUT2D eigenvalue weighted by molar-refractivity contribution is 0.614. The van der Waals surface area contributed by atoms with Gasteiger partial charge in [0.25, 0.3) is 0 Å². The maximum atomic E-state index is 5.24. The molecule has 0 aromatic carbocycles. The zero-order chi connectivity index (χ0) is 9.07. The van der Waals surface area contributed by atoms with Crippen molar-refractivity contribution in [2.45, 2.75) is 51.9 Å². The first-order chi connectivity index (χ1) is 5.91. The summed E-state index contributed by atoms with van der Waals surface area (Å²) in [5.41, 5.74) is 5.24. The quantitative estimate of drug-likeness (QED) is 0.477. The van der Waals surface area contributed by atoms with E-state index in [-0.39, 0.29) is 0 Å². The van der Waals surface area contributed by atoms with Crippen LogP contribution in [-0.4, -0.2) is 6.54 Å². The molecule has 1 heteroatoms. The fourth-order valence-corrected chi connectivity index (χ4v) is 1.15. The van der Waals surface area contributed by atoms with Crippen molar-refractivity contribution < 1.29 is 0 Å². The Balaban J connectivity index is 2.91. The first kappa shape index (κ1) is 11.5. The van der Waals surface area contributed by atoms with Crippen molar-refractivity contribution in [3.63, 3.8) is 0 Å². The molecule has 0 saturated heterocycles. The van der Waals surface area contributed by atoms with Gasteiger partial charge < -0.3 is 5.73 Å². The highest BCUT2D eigenvalue weighted by molar-refractivity contribution is 4.99. The van der Waals surface area contributed by atoms with Crippen LogP contribution in [0.25, 0.3) is 0 Å². The monoisotopic (exact) mass is 167 g/mol. The van der Waals surface area contributed by atoms with Crippen LogP contribution >= 0.6 is 0 Å². The van der Waals surface area contributed by atoms with Gasteiger partial charge in [-0.25, -0.2) is 0 Å². The van der Waals surface area contributed by atoms with Crippen LogP contribution < -0.4 is 5.73 Å². The average molecular weight is 167 g/mol. The van der Waals surface area contributed by atoms with E-state index in [0.717, 1.165) is 6.42 Å². The van der Waals surface area contributed by atoms with Crippen LogP contribution in [0.4, 0.5) is 0 Å². The van der Waals surface area contributed by atoms with Crippen molar-refractivity contribution in [3.05, 3.63) is 0 Å². The van der Waals surface area contributed by atoms with Crippen molar-refractivity contribution in [2.24, 2.45) is 5.73 Å². The van der Waals surface area contributed by atoms with E-state index in [0.29, 0.717) is 6.54 Å². The summed E-state index contributed by atoms with van der Waals surface area (Å²) >= 11 is 0. The number of hydrogen-bond donors (Lipinski definition) is 1. The molecule has 0 aliphatic carbocycles. The van der Waals surface area contributed by atoms with Gasteiger partial charge in [-0.15, -0.1) is 5.92 Å². The van der Waals surface area contributed by atoms with Crippen LogP contribution in [0.15, 0.2) is 0 Å². The topological polar surface area (TPSA) is 26.0 Å². The smallest absolute Gasteiger partial charge is 0.0551 e. The Bertz CT molecular complexity index is 130. The van der Waals surface area contributed by atoms with E-state index in [9.17, 15) is 0 Å². The van der Waals surface area contributed by atoms with E-state index in [2.05, 4.69) is 18.8 Å². The molecule has 0 spiro atoms. The summed E-state index contributed by atoms with van der Waals surface area (Å²) in [4.78, 5) is 0. The molecule has 0 unspecified atom stereocenters. The molecule has 1 nitrogen and oxygen atoms in total. The van der Waals surface area contributed by atoms with Gasteiger partial charge in [0.1, 0.15) is 0 Å². The summed E-state index contributed by atoms with van der Waals surface area (Å²) in [5.74, 6) is 5.93. The van der Waals surface area contributed by atoms with E-state index < -0.39 is 0 Å². The number of nitrogens with two attached hydrogens (primary N) is 1. The third-order valence-corrected chi connectivity index (χ3v) is 1.88. The molecule has 0 bridgehead atoms. The van der Waals surface area contributed by atoms with Gasteiger partial charge in [0.05, 0.1) is 6.54 Å². The summed E-state index contributed by atoms with van der Waals surface area (Å²) in [6.07, 6.45) is 9.08. The number of rotatable bonds is 6. The van der Waals surface area contributed by atoms with Gasteiger partial charge in [-0.05, 0) is 6.42 Å². The molecule has 0 saturated carbocycles. The third kappa shape index (κ3) is 9.52. The van der Waals surface area contributed by atoms with Gasteiger partial charge in [-0.1, -0.05) is 44.9 Å². The third-order valence-electron chi connectivity index (χ3n) is 1.88. The minimum Gasteiger partial charge on any atom is -0.320 e. The highest BCUT2D eigenvalue weighted by Gasteiger charge is 1.87. The fraction of sp³-hybridized carbons (Fsp3) is 0.818. The first-order valence-corrected chi connectivity index (χ1v) is 5.07. The number of hydrogen-bond acceptors (Lipinski definition) is 1. The Hall–Kier alpha value is -0.480. The molecule has 70 valence electrons. The molecule has 2 N–H and O–H groups in total. The zero-order valence-corrected chi connectivity index (χ0v) is 8.23. The van der Waals surface area contributed by atoms with Crippen LogP contribution in [0.2, 0.25) is 0 Å². The molecule has 0 rings (SSSR count). The predicted molar refractivity (Wildman–Crippen MR) is 54.8 cm³/mol. The van der Waals surface area contributed by atoms with Gasteiger partial charge >= 0.3 is 0 Å². The lowest BCUT2D eigenvalue weighted by Gasteiger charge is -1.96. The van der Waals surface area contributed by atoms with Crippen LogP contribution in [0.5, 0.6) is 0 Å². The second kappa shape index (κ2) is 10.5. The van der Waals surface area contributed by atoms with Crippen LogP contribution in [0.1, 0.15) is 51.9 Å².